The van der Waals surface area contributed by atoms with Gasteiger partial charge in [0, 0.05) is 23.8 Å². The van der Waals surface area contributed by atoms with Crippen LogP contribution in [0, 0.1) is 12.3 Å². The number of rotatable bonds is 5. The average Bonchev–Trinajstić information content (AvgIpc) is 2.91. The van der Waals surface area contributed by atoms with E-state index in [1.165, 1.54) is 0 Å². The van der Waals surface area contributed by atoms with E-state index in [1.807, 2.05) is 6.92 Å². The van der Waals surface area contributed by atoms with Crippen LogP contribution in [0.25, 0.3) is 0 Å². The number of guanidine groups is 1. The van der Waals surface area contributed by atoms with Crippen molar-refractivity contribution in [2.24, 2.45) is 4.99 Å². The second-order valence-electron chi connectivity index (χ2n) is 5.71. The van der Waals surface area contributed by atoms with Gasteiger partial charge in [0.25, 0.3) is 0 Å². The lowest BCUT2D eigenvalue weighted by Gasteiger charge is -2.15. The van der Waals surface area contributed by atoms with Gasteiger partial charge >= 0.3 is 0 Å². The van der Waals surface area contributed by atoms with Crippen molar-refractivity contribution in [2.45, 2.75) is 19.4 Å². The van der Waals surface area contributed by atoms with Crippen LogP contribution >= 0.6 is 0 Å². The fourth-order valence-electron chi connectivity index (χ4n) is 2.46. The monoisotopic (exact) mass is 362 g/mol. The van der Waals surface area contributed by atoms with E-state index >= 15 is 0 Å². The minimum absolute atomic E-state index is 0.0858. The van der Waals surface area contributed by atoms with Crippen molar-refractivity contribution in [3.63, 3.8) is 0 Å². The van der Waals surface area contributed by atoms with Crippen LogP contribution in [-0.4, -0.2) is 50.9 Å². The number of carbonyl (C=O) groups is 1. The summed E-state index contributed by atoms with van der Waals surface area (Å²) in [6.07, 6.45) is 5.87. The molecule has 1 atom stereocenters. The molecule has 0 radical (unpaired) electrons. The van der Waals surface area contributed by atoms with Crippen molar-refractivity contribution < 1.29 is 13.2 Å². The van der Waals surface area contributed by atoms with Crippen molar-refractivity contribution in [2.75, 3.05) is 29.9 Å². The van der Waals surface area contributed by atoms with Crippen LogP contribution in [0.3, 0.4) is 0 Å². The van der Waals surface area contributed by atoms with Crippen molar-refractivity contribution in [1.29, 1.82) is 0 Å². The lowest BCUT2D eigenvalue weighted by atomic mass is 10.2. The average molecular weight is 362 g/mol. The molecule has 0 saturated carbocycles. The number of hydrogen-bond donors (Lipinski definition) is 3. The van der Waals surface area contributed by atoms with Gasteiger partial charge in [0.15, 0.2) is 15.8 Å². The summed E-state index contributed by atoms with van der Waals surface area (Å²) in [4.78, 5) is 16.3. The summed E-state index contributed by atoms with van der Waals surface area (Å²) in [6.45, 7) is 2.42. The number of benzene rings is 1. The van der Waals surface area contributed by atoms with E-state index in [2.05, 4.69) is 26.9 Å². The first-order valence-electron chi connectivity index (χ1n) is 8.03. The summed E-state index contributed by atoms with van der Waals surface area (Å²) in [6, 6.07) is 6.80. The minimum atomic E-state index is -2.98. The van der Waals surface area contributed by atoms with Gasteiger partial charge in [-0.1, -0.05) is 12.0 Å². The van der Waals surface area contributed by atoms with Gasteiger partial charge in [0.1, 0.15) is 6.54 Å². The summed E-state index contributed by atoms with van der Waals surface area (Å²) in [5.41, 5.74) is 1.29. The summed E-state index contributed by atoms with van der Waals surface area (Å²) in [5.74, 6) is 2.91. The zero-order valence-corrected chi connectivity index (χ0v) is 14.9. The highest BCUT2D eigenvalue weighted by molar-refractivity contribution is 7.91. The molecule has 1 heterocycles. The molecule has 0 aromatic heterocycles. The SMILES string of the molecule is C#Cc1cccc(NC(=O)CN=C(NCC)NC2CCS(=O)(=O)C2)c1. The molecule has 2 rings (SSSR count). The highest BCUT2D eigenvalue weighted by Gasteiger charge is 2.28. The smallest absolute Gasteiger partial charge is 0.246 e. The number of nitrogens with one attached hydrogen (secondary N) is 3. The van der Waals surface area contributed by atoms with Crippen LogP contribution in [0.4, 0.5) is 5.69 Å². The van der Waals surface area contributed by atoms with E-state index in [-0.39, 0.29) is 30.0 Å². The molecule has 0 spiro atoms. The number of aliphatic imine (C=N–C) groups is 1. The molecule has 1 aliphatic heterocycles. The van der Waals surface area contributed by atoms with Gasteiger partial charge < -0.3 is 16.0 Å². The Hall–Kier alpha value is -2.53. The van der Waals surface area contributed by atoms with Crippen LogP contribution in [0.2, 0.25) is 0 Å². The van der Waals surface area contributed by atoms with Crippen molar-refractivity contribution >= 4 is 27.4 Å². The number of sulfone groups is 1. The maximum atomic E-state index is 12.0. The van der Waals surface area contributed by atoms with E-state index in [0.29, 0.717) is 30.2 Å². The zero-order chi connectivity index (χ0) is 18.3. The van der Waals surface area contributed by atoms with Gasteiger partial charge in [-0.15, -0.1) is 6.42 Å². The Kier molecular flexibility index (Phi) is 6.42. The first-order valence-corrected chi connectivity index (χ1v) is 9.86. The van der Waals surface area contributed by atoms with Gasteiger partial charge in [-0.2, -0.15) is 0 Å². The van der Waals surface area contributed by atoms with E-state index in [9.17, 15) is 13.2 Å². The molecule has 3 N–H and O–H groups in total. The molecule has 1 aromatic rings. The van der Waals surface area contributed by atoms with Gasteiger partial charge in [-0.3, -0.25) is 4.79 Å². The van der Waals surface area contributed by atoms with Crippen molar-refractivity contribution in [1.82, 2.24) is 10.6 Å². The number of carbonyl (C=O) groups excluding carboxylic acids is 1. The third kappa shape index (κ3) is 6.12. The molecule has 0 bridgehead atoms. The molecule has 134 valence electrons. The zero-order valence-electron chi connectivity index (χ0n) is 14.1. The van der Waals surface area contributed by atoms with Crippen LogP contribution in [-0.2, 0) is 14.6 Å². The second-order valence-corrected chi connectivity index (χ2v) is 7.94. The lowest BCUT2D eigenvalue weighted by molar-refractivity contribution is -0.114. The predicted molar refractivity (Wildman–Crippen MR) is 99.2 cm³/mol. The van der Waals surface area contributed by atoms with Crippen molar-refractivity contribution in [3.8, 4) is 12.3 Å². The molecule has 1 aliphatic rings. The summed E-state index contributed by atoms with van der Waals surface area (Å²) >= 11 is 0. The Morgan fingerprint density at radius 3 is 2.88 bits per heavy atom. The molecule has 1 saturated heterocycles. The van der Waals surface area contributed by atoms with E-state index < -0.39 is 9.84 Å². The summed E-state index contributed by atoms with van der Waals surface area (Å²) in [7, 11) is -2.98. The quantitative estimate of drug-likeness (QED) is 0.399. The topological polar surface area (TPSA) is 99.7 Å². The molecule has 8 heteroatoms. The largest absolute Gasteiger partial charge is 0.357 e. The van der Waals surface area contributed by atoms with E-state index in [0.717, 1.165) is 0 Å². The normalized spacial score (nSPS) is 19.0. The molecule has 1 unspecified atom stereocenters. The maximum absolute atomic E-state index is 12.0. The van der Waals surface area contributed by atoms with Crippen molar-refractivity contribution in [3.05, 3.63) is 29.8 Å². The Morgan fingerprint density at radius 1 is 1.44 bits per heavy atom. The molecule has 7 nitrogen and oxygen atoms in total. The number of anilines is 1. The van der Waals surface area contributed by atoms with Gasteiger partial charge in [0.2, 0.25) is 5.91 Å². The Bertz CT molecular complexity index is 796. The molecule has 1 fully saturated rings. The molecule has 25 heavy (non-hydrogen) atoms. The first-order chi connectivity index (χ1) is 11.9. The summed E-state index contributed by atoms with van der Waals surface area (Å²) in [5, 5.41) is 8.80. The molecule has 0 aliphatic carbocycles. The highest BCUT2D eigenvalue weighted by Crippen LogP contribution is 2.11. The Labute approximate surface area is 148 Å². The van der Waals surface area contributed by atoms with Gasteiger partial charge in [0.05, 0.1) is 11.5 Å². The molecule has 1 aromatic carbocycles. The maximum Gasteiger partial charge on any atom is 0.246 e. The van der Waals surface area contributed by atoms with Crippen LogP contribution < -0.4 is 16.0 Å². The first kappa shape index (κ1) is 18.8. The fourth-order valence-corrected chi connectivity index (χ4v) is 4.13. The molecule has 1 amide bonds. The standard InChI is InChI=1S/C17H22N4O3S/c1-3-13-6-5-7-14(10-13)20-16(22)11-19-17(18-4-2)21-15-8-9-25(23,24)12-15/h1,5-7,10,15H,4,8-9,11-12H2,2H3,(H,20,22)(H2,18,19,21). The fraction of sp³-hybridized carbons (Fsp3) is 0.412. The van der Waals surface area contributed by atoms with E-state index in [4.69, 9.17) is 6.42 Å². The molecular formula is C17H22N4O3S. The number of terminal acetylenes is 1. The van der Waals surface area contributed by atoms with Gasteiger partial charge in [-0.05, 0) is 31.5 Å². The third-order valence-electron chi connectivity index (χ3n) is 3.61. The van der Waals surface area contributed by atoms with Crippen LogP contribution in [0.1, 0.15) is 18.9 Å². The number of nitrogens with zero attached hydrogens (tertiary/aromatic N) is 1. The van der Waals surface area contributed by atoms with Gasteiger partial charge in [-0.25, -0.2) is 13.4 Å². The lowest BCUT2D eigenvalue weighted by Crippen LogP contribution is -2.44. The molecular weight excluding hydrogens is 340 g/mol. The summed E-state index contributed by atoms with van der Waals surface area (Å²) < 4.78 is 23.0. The predicted octanol–water partition coefficient (Wildman–Crippen LogP) is 0.349. The third-order valence-corrected chi connectivity index (χ3v) is 5.38. The minimum Gasteiger partial charge on any atom is -0.357 e. The Morgan fingerprint density at radius 2 is 2.24 bits per heavy atom. The Balaban J connectivity index is 1.93. The number of hydrogen-bond acceptors (Lipinski definition) is 4. The number of amides is 1. The van der Waals surface area contributed by atoms with E-state index in [1.54, 1.807) is 24.3 Å². The van der Waals surface area contributed by atoms with Crippen LogP contribution in [0.15, 0.2) is 29.3 Å². The van der Waals surface area contributed by atoms with Crippen LogP contribution in [0.5, 0.6) is 0 Å². The highest BCUT2D eigenvalue weighted by atomic mass is 32.2. The second kappa shape index (κ2) is 8.53.